The molecule has 6 nitrogen and oxygen atoms in total. The van der Waals surface area contributed by atoms with Gasteiger partial charge in [-0.05, 0) is 43.2 Å². The van der Waals surface area contributed by atoms with E-state index in [2.05, 4.69) is 26.6 Å². The predicted octanol–water partition coefficient (Wildman–Crippen LogP) is 4.06. The molecule has 0 aliphatic heterocycles. The van der Waals surface area contributed by atoms with Gasteiger partial charge in [-0.1, -0.05) is 31.0 Å². The van der Waals surface area contributed by atoms with Crippen LogP contribution >= 0.6 is 0 Å². The number of carbonyl (C=O) groups is 1. The topological polar surface area (TPSA) is 90.9 Å². The monoisotopic (exact) mass is 400 g/mol. The molecule has 2 atom stereocenters. The first-order chi connectivity index (χ1) is 14.7. The van der Waals surface area contributed by atoms with Crippen LogP contribution in [-0.2, 0) is 0 Å². The standard InChI is InChI=1S/C24H24N4O2/c29-14-17-6-2-4-8-21(17)26-24(30)16-9-10-22-19(12-16)23(28-27-22)18-11-15-5-1-3-7-20(15)25-13-18/h1,3,5,7,9-13,17,21,29H,2,4,6,8,14H2,(H,26,30)(H,27,28). The lowest BCUT2D eigenvalue weighted by molar-refractivity contribution is 0.0872. The zero-order chi connectivity index (χ0) is 20.5. The van der Waals surface area contributed by atoms with Gasteiger partial charge in [0.05, 0.1) is 11.0 Å². The number of para-hydroxylation sites is 1. The minimum absolute atomic E-state index is 0.0282. The Labute approximate surface area is 174 Å². The summed E-state index contributed by atoms with van der Waals surface area (Å²) in [6.45, 7) is 0.116. The second-order valence-corrected chi connectivity index (χ2v) is 8.06. The van der Waals surface area contributed by atoms with Gasteiger partial charge in [0.1, 0.15) is 5.69 Å². The highest BCUT2D eigenvalue weighted by Crippen LogP contribution is 2.29. The van der Waals surface area contributed by atoms with Crippen molar-refractivity contribution in [2.75, 3.05) is 6.61 Å². The van der Waals surface area contributed by atoms with Crippen LogP contribution in [0.2, 0.25) is 0 Å². The Bertz CT molecular complexity index is 1220. The van der Waals surface area contributed by atoms with Crippen molar-refractivity contribution >= 4 is 27.7 Å². The molecule has 6 heteroatoms. The van der Waals surface area contributed by atoms with Crippen molar-refractivity contribution in [1.29, 1.82) is 0 Å². The fourth-order valence-electron chi connectivity index (χ4n) is 4.44. The van der Waals surface area contributed by atoms with Gasteiger partial charge in [-0.3, -0.25) is 14.9 Å². The number of nitrogens with zero attached hydrogens (tertiary/aromatic N) is 2. The molecule has 5 rings (SSSR count). The van der Waals surface area contributed by atoms with Crippen molar-refractivity contribution in [2.24, 2.45) is 5.92 Å². The molecule has 152 valence electrons. The Hall–Kier alpha value is -3.25. The van der Waals surface area contributed by atoms with Crippen molar-refractivity contribution in [3.05, 3.63) is 60.3 Å². The third kappa shape index (κ3) is 3.44. The number of pyridine rings is 1. The van der Waals surface area contributed by atoms with Crippen LogP contribution in [0.15, 0.2) is 54.7 Å². The van der Waals surface area contributed by atoms with Crippen LogP contribution in [0.25, 0.3) is 33.1 Å². The number of H-pyrrole nitrogens is 1. The average Bonchev–Trinajstić information content (AvgIpc) is 3.22. The second-order valence-electron chi connectivity index (χ2n) is 8.06. The minimum Gasteiger partial charge on any atom is -0.396 e. The lowest BCUT2D eigenvalue weighted by Gasteiger charge is -2.30. The number of aliphatic hydroxyl groups is 1. The molecule has 30 heavy (non-hydrogen) atoms. The largest absolute Gasteiger partial charge is 0.396 e. The average molecular weight is 400 g/mol. The molecule has 0 saturated heterocycles. The molecule has 1 amide bonds. The van der Waals surface area contributed by atoms with Gasteiger partial charge in [0.25, 0.3) is 5.91 Å². The number of fused-ring (bicyclic) bond motifs is 2. The van der Waals surface area contributed by atoms with Gasteiger partial charge in [-0.2, -0.15) is 5.10 Å². The molecule has 1 saturated carbocycles. The Morgan fingerprint density at radius 3 is 2.90 bits per heavy atom. The fourth-order valence-corrected chi connectivity index (χ4v) is 4.44. The van der Waals surface area contributed by atoms with Gasteiger partial charge in [0.15, 0.2) is 0 Å². The van der Waals surface area contributed by atoms with Gasteiger partial charge >= 0.3 is 0 Å². The number of aromatic nitrogens is 3. The summed E-state index contributed by atoms with van der Waals surface area (Å²) in [6, 6.07) is 15.7. The normalized spacial score (nSPS) is 19.2. The number of nitrogens with one attached hydrogen (secondary N) is 2. The van der Waals surface area contributed by atoms with E-state index in [1.165, 1.54) is 0 Å². The molecule has 2 unspecified atom stereocenters. The van der Waals surface area contributed by atoms with Crippen LogP contribution in [0.1, 0.15) is 36.0 Å². The molecule has 0 spiro atoms. The number of carbonyl (C=O) groups excluding carboxylic acids is 1. The maximum absolute atomic E-state index is 12.9. The highest BCUT2D eigenvalue weighted by molar-refractivity contribution is 6.02. The van der Waals surface area contributed by atoms with E-state index in [0.717, 1.165) is 58.7 Å². The summed E-state index contributed by atoms with van der Waals surface area (Å²) in [4.78, 5) is 17.5. The quantitative estimate of drug-likeness (QED) is 0.482. The molecular formula is C24H24N4O2. The lowest BCUT2D eigenvalue weighted by Crippen LogP contribution is -2.43. The molecule has 0 bridgehead atoms. The number of hydrogen-bond donors (Lipinski definition) is 3. The van der Waals surface area contributed by atoms with E-state index in [-0.39, 0.29) is 24.5 Å². The van der Waals surface area contributed by atoms with E-state index in [0.29, 0.717) is 5.56 Å². The highest BCUT2D eigenvalue weighted by atomic mass is 16.3. The summed E-state index contributed by atoms with van der Waals surface area (Å²) in [6.07, 6.45) is 5.89. The van der Waals surface area contributed by atoms with Crippen LogP contribution in [0.3, 0.4) is 0 Å². The van der Waals surface area contributed by atoms with Crippen LogP contribution in [0, 0.1) is 5.92 Å². The van der Waals surface area contributed by atoms with Crippen molar-refractivity contribution in [3.63, 3.8) is 0 Å². The van der Waals surface area contributed by atoms with E-state index in [9.17, 15) is 9.90 Å². The van der Waals surface area contributed by atoms with Crippen LogP contribution in [-0.4, -0.2) is 38.8 Å². The first-order valence-corrected chi connectivity index (χ1v) is 10.5. The fraction of sp³-hybridized carbons (Fsp3) is 0.292. The van der Waals surface area contributed by atoms with Crippen molar-refractivity contribution < 1.29 is 9.90 Å². The summed E-state index contributed by atoms with van der Waals surface area (Å²) in [5.74, 6) is 0.0330. The molecule has 4 aromatic rings. The van der Waals surface area contributed by atoms with E-state index in [1.54, 1.807) is 0 Å². The van der Waals surface area contributed by atoms with Crippen LogP contribution in [0.4, 0.5) is 0 Å². The van der Waals surface area contributed by atoms with Gasteiger partial charge in [0, 0.05) is 46.7 Å². The Morgan fingerprint density at radius 2 is 2.00 bits per heavy atom. The van der Waals surface area contributed by atoms with E-state index < -0.39 is 0 Å². The molecule has 2 aromatic heterocycles. The summed E-state index contributed by atoms with van der Waals surface area (Å²) in [7, 11) is 0. The lowest BCUT2D eigenvalue weighted by atomic mass is 9.85. The molecular weight excluding hydrogens is 376 g/mol. The molecule has 1 aliphatic carbocycles. The van der Waals surface area contributed by atoms with Gasteiger partial charge in [0.2, 0.25) is 0 Å². The smallest absolute Gasteiger partial charge is 0.251 e. The first-order valence-electron chi connectivity index (χ1n) is 10.5. The summed E-state index contributed by atoms with van der Waals surface area (Å²) in [5, 5.41) is 22.2. The number of aromatic amines is 1. The molecule has 1 aliphatic rings. The van der Waals surface area contributed by atoms with Crippen LogP contribution in [0.5, 0.6) is 0 Å². The summed E-state index contributed by atoms with van der Waals surface area (Å²) in [5.41, 5.74) is 4.10. The predicted molar refractivity (Wildman–Crippen MR) is 117 cm³/mol. The van der Waals surface area contributed by atoms with Crippen LogP contribution < -0.4 is 5.32 Å². The molecule has 0 radical (unpaired) electrons. The number of hydrogen-bond acceptors (Lipinski definition) is 4. The Kier molecular flexibility index (Phi) is 4.93. The second kappa shape index (κ2) is 7.88. The maximum Gasteiger partial charge on any atom is 0.251 e. The minimum atomic E-state index is -0.106. The zero-order valence-corrected chi connectivity index (χ0v) is 16.6. The van der Waals surface area contributed by atoms with Gasteiger partial charge in [-0.15, -0.1) is 0 Å². The highest BCUT2D eigenvalue weighted by Gasteiger charge is 2.26. The third-order valence-corrected chi connectivity index (χ3v) is 6.15. The SMILES string of the molecule is O=C(NC1CCCCC1CO)c1ccc2[nH]nc(-c3cnc4ccccc4c3)c2c1. The van der Waals surface area contributed by atoms with E-state index in [4.69, 9.17) is 0 Å². The molecule has 1 fully saturated rings. The number of amides is 1. The Balaban J connectivity index is 1.47. The molecule has 2 heterocycles. The van der Waals surface area contributed by atoms with Crippen molar-refractivity contribution in [3.8, 4) is 11.3 Å². The molecule has 2 aromatic carbocycles. The van der Waals surface area contributed by atoms with Gasteiger partial charge in [-0.25, -0.2) is 0 Å². The van der Waals surface area contributed by atoms with E-state index >= 15 is 0 Å². The maximum atomic E-state index is 12.9. The summed E-state index contributed by atoms with van der Waals surface area (Å²) >= 11 is 0. The first kappa shape index (κ1) is 18.8. The van der Waals surface area contributed by atoms with Crippen molar-refractivity contribution in [2.45, 2.75) is 31.7 Å². The third-order valence-electron chi connectivity index (χ3n) is 6.15. The Morgan fingerprint density at radius 1 is 1.13 bits per heavy atom. The number of rotatable bonds is 4. The number of aliphatic hydroxyl groups excluding tert-OH is 1. The molecule has 3 N–H and O–H groups in total. The zero-order valence-electron chi connectivity index (χ0n) is 16.6. The van der Waals surface area contributed by atoms with Crippen molar-refractivity contribution in [1.82, 2.24) is 20.5 Å². The number of benzene rings is 2. The van der Waals surface area contributed by atoms with E-state index in [1.807, 2.05) is 48.7 Å². The summed E-state index contributed by atoms with van der Waals surface area (Å²) < 4.78 is 0. The van der Waals surface area contributed by atoms with Gasteiger partial charge < -0.3 is 10.4 Å².